The summed E-state index contributed by atoms with van der Waals surface area (Å²) >= 11 is 3.38. The first-order valence-corrected chi connectivity index (χ1v) is 9.54. The molecular weight excluding hydrogens is 416 g/mol. The van der Waals surface area contributed by atoms with Crippen LogP contribution >= 0.6 is 15.9 Å². The average Bonchev–Trinajstić information content (AvgIpc) is 2.73. The van der Waals surface area contributed by atoms with Gasteiger partial charge in [-0.2, -0.15) is 5.10 Å². The third kappa shape index (κ3) is 3.49. The van der Waals surface area contributed by atoms with Crippen LogP contribution in [-0.2, 0) is 0 Å². The van der Waals surface area contributed by atoms with Crippen LogP contribution < -0.4 is 10.2 Å². The van der Waals surface area contributed by atoms with E-state index in [1.807, 2.05) is 30.3 Å². The van der Waals surface area contributed by atoms with Gasteiger partial charge in [-0.3, -0.25) is 4.79 Å². The molecule has 0 fully saturated rings. The SMILES string of the molecule is COc1ccc(Br)cc1C(=O)N/N=C\c1c2ccccc2cc2ccccc12. The molecule has 0 radical (unpaired) electrons. The molecule has 138 valence electrons. The smallest absolute Gasteiger partial charge is 0.275 e. The van der Waals surface area contributed by atoms with Gasteiger partial charge >= 0.3 is 0 Å². The number of methoxy groups -OCH3 is 1. The highest BCUT2D eigenvalue weighted by Crippen LogP contribution is 2.27. The van der Waals surface area contributed by atoms with Crippen LogP contribution in [0.1, 0.15) is 15.9 Å². The van der Waals surface area contributed by atoms with Crippen LogP contribution in [0.2, 0.25) is 0 Å². The second-order valence-electron chi connectivity index (χ2n) is 6.28. The minimum absolute atomic E-state index is 0.334. The molecule has 1 N–H and O–H groups in total. The second kappa shape index (κ2) is 7.82. The van der Waals surface area contributed by atoms with Crippen molar-refractivity contribution in [2.75, 3.05) is 7.11 Å². The van der Waals surface area contributed by atoms with Gasteiger partial charge < -0.3 is 4.74 Å². The molecular formula is C23H17BrN2O2. The van der Waals surface area contributed by atoms with Crippen LogP contribution in [-0.4, -0.2) is 19.2 Å². The van der Waals surface area contributed by atoms with E-state index < -0.39 is 0 Å². The number of rotatable bonds is 4. The summed E-state index contributed by atoms with van der Waals surface area (Å²) in [7, 11) is 1.53. The molecule has 0 saturated carbocycles. The monoisotopic (exact) mass is 432 g/mol. The summed E-state index contributed by atoms with van der Waals surface area (Å²) in [4.78, 5) is 12.6. The molecule has 0 aliphatic carbocycles. The Kier molecular flexibility index (Phi) is 5.08. The molecule has 4 aromatic carbocycles. The maximum atomic E-state index is 12.6. The van der Waals surface area contributed by atoms with Gasteiger partial charge in [-0.1, -0.05) is 64.5 Å². The van der Waals surface area contributed by atoms with Crippen LogP contribution in [0.4, 0.5) is 0 Å². The molecule has 0 aliphatic rings. The molecule has 0 bridgehead atoms. The highest BCUT2D eigenvalue weighted by atomic mass is 79.9. The van der Waals surface area contributed by atoms with Gasteiger partial charge in [0, 0.05) is 10.0 Å². The lowest BCUT2D eigenvalue weighted by molar-refractivity contribution is 0.0952. The lowest BCUT2D eigenvalue weighted by Crippen LogP contribution is -2.18. The number of amides is 1. The fourth-order valence-electron chi connectivity index (χ4n) is 3.26. The molecule has 0 heterocycles. The van der Waals surface area contributed by atoms with Gasteiger partial charge in [-0.25, -0.2) is 5.43 Å². The quantitative estimate of drug-likeness (QED) is 0.262. The minimum Gasteiger partial charge on any atom is -0.496 e. The third-order valence-electron chi connectivity index (χ3n) is 4.58. The maximum Gasteiger partial charge on any atom is 0.275 e. The molecule has 0 atom stereocenters. The number of halogens is 1. The number of hydrazone groups is 1. The molecule has 0 spiro atoms. The Morgan fingerprint density at radius 1 is 0.964 bits per heavy atom. The second-order valence-corrected chi connectivity index (χ2v) is 7.19. The van der Waals surface area contributed by atoms with Crippen molar-refractivity contribution in [1.29, 1.82) is 0 Å². The Balaban J connectivity index is 1.71. The Hall–Kier alpha value is -3.18. The first kappa shape index (κ1) is 18.2. The van der Waals surface area contributed by atoms with E-state index in [4.69, 9.17) is 4.74 Å². The highest BCUT2D eigenvalue weighted by Gasteiger charge is 2.12. The summed E-state index contributed by atoms with van der Waals surface area (Å²) in [6, 6.07) is 23.7. The van der Waals surface area contributed by atoms with Crippen molar-refractivity contribution in [1.82, 2.24) is 5.43 Å². The molecule has 5 heteroatoms. The first-order chi connectivity index (χ1) is 13.7. The molecule has 4 rings (SSSR count). The van der Waals surface area contributed by atoms with Gasteiger partial charge in [0.05, 0.1) is 18.9 Å². The van der Waals surface area contributed by atoms with E-state index in [1.165, 1.54) is 7.11 Å². The maximum absolute atomic E-state index is 12.6. The van der Waals surface area contributed by atoms with E-state index in [-0.39, 0.29) is 5.91 Å². The zero-order chi connectivity index (χ0) is 19.5. The summed E-state index contributed by atoms with van der Waals surface area (Å²) in [6.45, 7) is 0. The highest BCUT2D eigenvalue weighted by molar-refractivity contribution is 9.10. The van der Waals surface area contributed by atoms with Crippen molar-refractivity contribution in [2.45, 2.75) is 0 Å². The van der Waals surface area contributed by atoms with Crippen molar-refractivity contribution in [3.63, 3.8) is 0 Å². The van der Waals surface area contributed by atoms with Gasteiger partial charge in [0.25, 0.3) is 5.91 Å². The lowest BCUT2D eigenvalue weighted by atomic mass is 9.97. The summed E-state index contributed by atoms with van der Waals surface area (Å²) in [5, 5.41) is 8.65. The van der Waals surface area contributed by atoms with Gasteiger partial charge in [0.2, 0.25) is 0 Å². The summed E-state index contributed by atoms with van der Waals surface area (Å²) in [5.74, 6) is 0.158. The minimum atomic E-state index is -0.334. The van der Waals surface area contributed by atoms with E-state index >= 15 is 0 Å². The molecule has 4 aromatic rings. The fourth-order valence-corrected chi connectivity index (χ4v) is 3.62. The predicted molar refractivity (Wildman–Crippen MR) is 117 cm³/mol. The van der Waals surface area contributed by atoms with Gasteiger partial charge in [0.1, 0.15) is 5.75 Å². The number of hydrogen-bond acceptors (Lipinski definition) is 3. The molecule has 0 aliphatic heterocycles. The zero-order valence-electron chi connectivity index (χ0n) is 15.1. The zero-order valence-corrected chi connectivity index (χ0v) is 16.7. The van der Waals surface area contributed by atoms with Crippen LogP contribution in [0.3, 0.4) is 0 Å². The topological polar surface area (TPSA) is 50.7 Å². The molecule has 4 nitrogen and oxygen atoms in total. The molecule has 0 unspecified atom stereocenters. The fraction of sp³-hybridized carbons (Fsp3) is 0.0435. The summed E-state index contributed by atoms with van der Waals surface area (Å²) in [5.41, 5.74) is 3.99. The van der Waals surface area contributed by atoms with Crippen LogP contribution in [0.15, 0.2) is 82.4 Å². The van der Waals surface area contributed by atoms with Crippen molar-refractivity contribution < 1.29 is 9.53 Å². The van der Waals surface area contributed by atoms with Gasteiger partial charge in [-0.15, -0.1) is 0 Å². The van der Waals surface area contributed by atoms with Crippen LogP contribution in [0.5, 0.6) is 5.75 Å². The number of fused-ring (bicyclic) bond motifs is 2. The lowest BCUT2D eigenvalue weighted by Gasteiger charge is -2.09. The predicted octanol–water partition coefficient (Wildman–Crippen LogP) is 5.53. The van der Waals surface area contributed by atoms with Gasteiger partial charge in [-0.05, 0) is 45.8 Å². The van der Waals surface area contributed by atoms with E-state index in [2.05, 4.69) is 56.8 Å². The number of carbonyl (C=O) groups is 1. The third-order valence-corrected chi connectivity index (χ3v) is 5.07. The number of nitrogens with one attached hydrogen (secondary N) is 1. The Morgan fingerprint density at radius 3 is 2.25 bits per heavy atom. The van der Waals surface area contributed by atoms with E-state index in [1.54, 1.807) is 18.3 Å². The van der Waals surface area contributed by atoms with Crippen molar-refractivity contribution in [3.8, 4) is 5.75 Å². The van der Waals surface area contributed by atoms with Crippen molar-refractivity contribution in [2.24, 2.45) is 5.10 Å². The largest absolute Gasteiger partial charge is 0.496 e. The number of ether oxygens (including phenoxy) is 1. The van der Waals surface area contributed by atoms with E-state index in [0.717, 1.165) is 31.6 Å². The standard InChI is InChI=1S/C23H17BrN2O2/c1-28-22-11-10-17(24)13-20(22)23(27)26-25-14-21-18-8-4-2-6-15(18)12-16-7-3-5-9-19(16)21/h2-14H,1H3,(H,26,27)/b25-14-. The average molecular weight is 433 g/mol. The van der Waals surface area contributed by atoms with Crippen molar-refractivity contribution in [3.05, 3.63) is 88.4 Å². The van der Waals surface area contributed by atoms with Crippen LogP contribution in [0, 0.1) is 0 Å². The Morgan fingerprint density at radius 2 is 1.61 bits per heavy atom. The first-order valence-electron chi connectivity index (χ1n) is 8.75. The van der Waals surface area contributed by atoms with Gasteiger partial charge in [0.15, 0.2) is 0 Å². The number of carbonyl (C=O) groups excluding carboxylic acids is 1. The molecule has 0 aromatic heterocycles. The molecule has 0 saturated heterocycles. The Labute approximate surface area is 171 Å². The van der Waals surface area contributed by atoms with Crippen molar-refractivity contribution >= 4 is 49.6 Å². The molecule has 1 amide bonds. The molecule has 28 heavy (non-hydrogen) atoms. The number of nitrogens with zero attached hydrogens (tertiary/aromatic N) is 1. The van der Waals surface area contributed by atoms with Crippen LogP contribution in [0.25, 0.3) is 21.5 Å². The summed E-state index contributed by atoms with van der Waals surface area (Å²) in [6.07, 6.45) is 1.70. The van der Waals surface area contributed by atoms with E-state index in [9.17, 15) is 4.79 Å². The number of hydrogen-bond donors (Lipinski definition) is 1. The normalized spacial score (nSPS) is 11.2. The number of benzene rings is 4. The summed E-state index contributed by atoms with van der Waals surface area (Å²) < 4.78 is 6.06. The van der Waals surface area contributed by atoms with E-state index in [0.29, 0.717) is 11.3 Å². The Bertz CT molecular complexity index is 1160.